The van der Waals surface area contributed by atoms with Gasteiger partial charge >= 0.3 is 17.9 Å². The van der Waals surface area contributed by atoms with Crippen molar-refractivity contribution in [2.45, 2.75) is 19.6 Å². The number of phenols is 1. The third-order valence-corrected chi connectivity index (χ3v) is 2.90. The first kappa shape index (κ1) is 16.3. The van der Waals surface area contributed by atoms with Gasteiger partial charge in [0.15, 0.2) is 5.57 Å². The Labute approximate surface area is 131 Å². The predicted octanol–water partition coefficient (Wildman–Crippen LogP) is 1.31. The Morgan fingerprint density at radius 3 is 2.39 bits per heavy atom. The van der Waals surface area contributed by atoms with Crippen LogP contribution in [0, 0.1) is 0 Å². The van der Waals surface area contributed by atoms with E-state index in [1.54, 1.807) is 0 Å². The zero-order valence-electron chi connectivity index (χ0n) is 12.7. The minimum atomic E-state index is -1.31. The van der Waals surface area contributed by atoms with Crippen molar-refractivity contribution in [3.8, 4) is 5.75 Å². The summed E-state index contributed by atoms with van der Waals surface area (Å²) in [4.78, 5) is 34.9. The molecule has 8 heteroatoms. The van der Waals surface area contributed by atoms with Gasteiger partial charge in [0.2, 0.25) is 0 Å². The summed E-state index contributed by atoms with van der Waals surface area (Å²) in [6, 6.07) is 4.04. The summed E-state index contributed by atoms with van der Waals surface area (Å²) >= 11 is 0. The number of esters is 3. The van der Waals surface area contributed by atoms with Gasteiger partial charge in [0, 0.05) is 31.8 Å². The molecule has 1 fully saturated rings. The van der Waals surface area contributed by atoms with Crippen LogP contribution in [0.4, 0.5) is 5.69 Å². The molecule has 23 heavy (non-hydrogen) atoms. The van der Waals surface area contributed by atoms with E-state index in [9.17, 15) is 19.5 Å². The molecule has 0 spiro atoms. The second kappa shape index (κ2) is 5.99. The molecule has 0 aliphatic carbocycles. The molecule has 0 radical (unpaired) electrons. The summed E-state index contributed by atoms with van der Waals surface area (Å²) in [5, 5.41) is 12.4. The van der Waals surface area contributed by atoms with Gasteiger partial charge in [-0.25, -0.2) is 14.4 Å². The predicted molar refractivity (Wildman–Crippen MR) is 77.4 cm³/mol. The molecule has 1 aromatic carbocycles. The molecule has 1 aromatic rings. The lowest BCUT2D eigenvalue weighted by molar-refractivity contribution is -0.222. The molecule has 0 amide bonds. The van der Waals surface area contributed by atoms with Crippen molar-refractivity contribution in [2.75, 3.05) is 12.4 Å². The van der Waals surface area contributed by atoms with E-state index in [1.165, 1.54) is 39.2 Å². The Kier molecular flexibility index (Phi) is 4.26. The Morgan fingerprint density at radius 2 is 1.87 bits per heavy atom. The molecular weight excluding hydrogens is 306 g/mol. The molecule has 0 aromatic heterocycles. The van der Waals surface area contributed by atoms with Gasteiger partial charge in [0.05, 0.1) is 7.11 Å². The van der Waals surface area contributed by atoms with Crippen LogP contribution < -0.4 is 5.32 Å². The summed E-state index contributed by atoms with van der Waals surface area (Å²) in [6.45, 7) is 2.88. The Hall–Kier alpha value is -3.03. The number of aromatic hydroxyl groups is 1. The van der Waals surface area contributed by atoms with Crippen LogP contribution in [-0.2, 0) is 23.8 Å². The fraction of sp³-hybridized carbons (Fsp3) is 0.267. The van der Waals surface area contributed by atoms with Gasteiger partial charge in [-0.15, -0.1) is 0 Å². The topological polar surface area (TPSA) is 111 Å². The number of nitrogens with one attached hydrogen (secondary N) is 1. The van der Waals surface area contributed by atoms with Crippen molar-refractivity contribution in [3.63, 3.8) is 0 Å². The largest absolute Gasteiger partial charge is 0.507 e. The van der Waals surface area contributed by atoms with Crippen LogP contribution in [0.25, 0.3) is 0 Å². The van der Waals surface area contributed by atoms with Gasteiger partial charge in [0.1, 0.15) is 11.3 Å². The Bertz CT molecular complexity index is 684. The van der Waals surface area contributed by atoms with E-state index < -0.39 is 23.7 Å². The molecule has 0 atom stereocenters. The van der Waals surface area contributed by atoms with E-state index in [-0.39, 0.29) is 16.9 Å². The first-order valence-electron chi connectivity index (χ1n) is 6.58. The molecule has 8 nitrogen and oxygen atoms in total. The Balaban J connectivity index is 2.17. The van der Waals surface area contributed by atoms with Gasteiger partial charge in [-0.1, -0.05) is 0 Å². The van der Waals surface area contributed by atoms with Gasteiger partial charge in [-0.2, -0.15) is 0 Å². The third-order valence-electron chi connectivity index (χ3n) is 2.90. The minimum Gasteiger partial charge on any atom is -0.507 e. The number of benzene rings is 1. The molecule has 1 saturated heterocycles. The van der Waals surface area contributed by atoms with Crippen LogP contribution in [0.5, 0.6) is 5.75 Å². The number of phenolic OH excluding ortho intramolecular Hbond substituents is 1. The van der Waals surface area contributed by atoms with E-state index in [4.69, 9.17) is 9.47 Å². The van der Waals surface area contributed by atoms with E-state index in [0.29, 0.717) is 5.69 Å². The number of hydrogen-bond acceptors (Lipinski definition) is 8. The maximum absolute atomic E-state index is 11.7. The molecule has 1 aliphatic rings. The highest BCUT2D eigenvalue weighted by Gasteiger charge is 2.38. The van der Waals surface area contributed by atoms with Crippen LogP contribution in [0.2, 0.25) is 0 Å². The zero-order valence-corrected chi connectivity index (χ0v) is 12.7. The summed E-state index contributed by atoms with van der Waals surface area (Å²) in [5.74, 6) is -3.96. The molecule has 122 valence electrons. The van der Waals surface area contributed by atoms with Gasteiger partial charge in [-0.05, 0) is 12.1 Å². The van der Waals surface area contributed by atoms with Crippen molar-refractivity contribution in [3.05, 3.63) is 35.5 Å². The highest BCUT2D eigenvalue weighted by molar-refractivity contribution is 6.15. The number of carbonyl (C=O) groups excluding carboxylic acids is 3. The van der Waals surface area contributed by atoms with Crippen LogP contribution in [0.15, 0.2) is 30.0 Å². The number of carbonyl (C=O) groups is 3. The summed E-state index contributed by atoms with van der Waals surface area (Å²) in [5.41, 5.74) is 0.0119. The molecule has 0 unspecified atom stereocenters. The van der Waals surface area contributed by atoms with E-state index in [1.807, 2.05) is 0 Å². The number of anilines is 1. The van der Waals surface area contributed by atoms with Crippen LogP contribution in [-0.4, -0.2) is 35.9 Å². The maximum atomic E-state index is 11.7. The second-order valence-electron chi connectivity index (χ2n) is 5.10. The molecular formula is C15H15NO7. The van der Waals surface area contributed by atoms with Crippen molar-refractivity contribution in [1.82, 2.24) is 0 Å². The summed E-state index contributed by atoms with van der Waals surface area (Å²) < 4.78 is 14.4. The van der Waals surface area contributed by atoms with Crippen molar-refractivity contribution in [1.29, 1.82) is 0 Å². The quantitative estimate of drug-likeness (QED) is 0.487. The number of hydrogen-bond donors (Lipinski definition) is 2. The first-order valence-corrected chi connectivity index (χ1v) is 6.58. The average molecular weight is 321 g/mol. The highest BCUT2D eigenvalue weighted by atomic mass is 16.7. The lowest BCUT2D eigenvalue weighted by Crippen LogP contribution is -2.42. The van der Waals surface area contributed by atoms with Gasteiger partial charge in [-0.3, -0.25) is 0 Å². The normalized spacial score (nSPS) is 16.2. The van der Waals surface area contributed by atoms with Gasteiger partial charge < -0.3 is 24.6 Å². The van der Waals surface area contributed by atoms with Crippen LogP contribution in [0.3, 0.4) is 0 Å². The number of rotatable bonds is 3. The second-order valence-corrected chi connectivity index (χ2v) is 5.10. The molecule has 1 heterocycles. The van der Waals surface area contributed by atoms with Crippen molar-refractivity contribution < 1.29 is 33.7 Å². The third kappa shape index (κ3) is 3.60. The lowest BCUT2D eigenvalue weighted by atomic mass is 10.2. The monoisotopic (exact) mass is 321 g/mol. The summed E-state index contributed by atoms with van der Waals surface area (Å²) in [6.07, 6.45) is 1.10. The fourth-order valence-electron chi connectivity index (χ4n) is 1.84. The van der Waals surface area contributed by atoms with Crippen molar-refractivity contribution >= 4 is 23.6 Å². The molecule has 1 aliphatic heterocycles. The highest BCUT2D eigenvalue weighted by Crippen LogP contribution is 2.25. The van der Waals surface area contributed by atoms with Crippen LogP contribution in [0.1, 0.15) is 24.2 Å². The number of ether oxygens (including phenoxy) is 3. The van der Waals surface area contributed by atoms with E-state index in [2.05, 4.69) is 10.1 Å². The van der Waals surface area contributed by atoms with E-state index in [0.717, 1.165) is 6.20 Å². The number of methoxy groups -OCH3 is 1. The molecule has 0 saturated carbocycles. The molecule has 0 bridgehead atoms. The van der Waals surface area contributed by atoms with Gasteiger partial charge in [0.25, 0.3) is 5.79 Å². The zero-order chi connectivity index (χ0) is 17.2. The average Bonchev–Trinajstić information content (AvgIpc) is 2.44. The maximum Gasteiger partial charge on any atom is 0.350 e. The van der Waals surface area contributed by atoms with Crippen LogP contribution >= 0.6 is 0 Å². The summed E-state index contributed by atoms with van der Waals surface area (Å²) in [7, 11) is 1.19. The lowest BCUT2D eigenvalue weighted by Gasteiger charge is -2.29. The first-order chi connectivity index (χ1) is 10.7. The SMILES string of the molecule is COC(=O)c1ccc(NC=C2C(=O)OC(C)(C)OC2=O)cc1O. The smallest absolute Gasteiger partial charge is 0.350 e. The standard InChI is InChI=1S/C15H15NO7/c1-15(2)22-13(19)10(14(20)23-15)7-16-8-4-5-9(11(17)6-8)12(18)21-3/h4-7,16-17H,1-3H3. The van der Waals surface area contributed by atoms with E-state index >= 15 is 0 Å². The number of cyclic esters (lactones) is 2. The molecule has 2 rings (SSSR count). The fourth-order valence-corrected chi connectivity index (χ4v) is 1.84. The van der Waals surface area contributed by atoms with Crippen molar-refractivity contribution in [2.24, 2.45) is 0 Å². The minimum absolute atomic E-state index is 0.0102. The Morgan fingerprint density at radius 1 is 1.26 bits per heavy atom. The molecule has 2 N–H and O–H groups in total.